The molecule has 5 heteroatoms. The fourth-order valence-electron chi connectivity index (χ4n) is 3.27. The van der Waals surface area contributed by atoms with Crippen molar-refractivity contribution in [2.75, 3.05) is 12.9 Å². The Morgan fingerprint density at radius 3 is 2.84 bits per heavy atom. The molecule has 2 unspecified atom stereocenters. The fraction of sp³-hybridized carbons (Fsp3) is 0.550. The van der Waals surface area contributed by atoms with E-state index in [1.165, 1.54) is 37.0 Å². The molecule has 3 rings (SSSR count). The number of benzene rings is 1. The molecule has 1 aliphatic rings. The van der Waals surface area contributed by atoms with Gasteiger partial charge in [0.05, 0.1) is 17.5 Å². The van der Waals surface area contributed by atoms with E-state index in [1.54, 1.807) is 7.11 Å². The van der Waals surface area contributed by atoms with Crippen LogP contribution >= 0.6 is 23.5 Å². The highest BCUT2D eigenvalue weighted by Crippen LogP contribution is 2.53. The van der Waals surface area contributed by atoms with Gasteiger partial charge in [0.1, 0.15) is 5.75 Å². The predicted octanol–water partition coefficient (Wildman–Crippen LogP) is 5.26. The molecule has 0 N–H and O–H groups in total. The van der Waals surface area contributed by atoms with Crippen molar-refractivity contribution >= 4 is 23.5 Å². The minimum atomic E-state index is 0.263. The first-order valence-electron chi connectivity index (χ1n) is 9.13. The molecule has 0 saturated carbocycles. The van der Waals surface area contributed by atoms with E-state index in [0.29, 0.717) is 0 Å². The molecule has 1 aromatic carbocycles. The van der Waals surface area contributed by atoms with Crippen LogP contribution in [-0.2, 0) is 13.0 Å². The summed E-state index contributed by atoms with van der Waals surface area (Å²) in [7, 11) is 1.72. The molecular weight excluding hydrogens is 348 g/mol. The quantitative estimate of drug-likeness (QED) is 0.596. The maximum absolute atomic E-state index is 5.27. The Bertz CT molecular complexity index is 630. The number of nitrogens with zero attached hydrogens (tertiary/aromatic N) is 2. The Morgan fingerprint density at radius 1 is 1.32 bits per heavy atom. The minimum absolute atomic E-state index is 0.263. The van der Waals surface area contributed by atoms with Crippen molar-refractivity contribution in [3.8, 4) is 5.75 Å². The molecule has 136 valence electrons. The number of thioether (sulfide) groups is 2. The number of rotatable bonds is 9. The molecule has 0 aliphatic carbocycles. The molecule has 3 nitrogen and oxygen atoms in total. The van der Waals surface area contributed by atoms with Gasteiger partial charge in [0, 0.05) is 29.9 Å². The van der Waals surface area contributed by atoms with Crippen LogP contribution in [0.4, 0.5) is 0 Å². The average Bonchev–Trinajstić information content (AvgIpc) is 3.29. The van der Waals surface area contributed by atoms with Crippen LogP contribution in [0.3, 0.4) is 0 Å². The summed E-state index contributed by atoms with van der Waals surface area (Å²) in [6.45, 7) is 3.33. The third-order valence-electron chi connectivity index (χ3n) is 4.73. The monoisotopic (exact) mass is 376 g/mol. The zero-order valence-corrected chi connectivity index (χ0v) is 16.8. The zero-order chi connectivity index (χ0) is 17.5. The number of imidazole rings is 1. The van der Waals surface area contributed by atoms with E-state index < -0.39 is 0 Å². The molecule has 2 aromatic rings. The first-order valence-corrected chi connectivity index (χ1v) is 11.0. The van der Waals surface area contributed by atoms with Crippen molar-refractivity contribution < 1.29 is 4.74 Å². The molecule has 0 amide bonds. The van der Waals surface area contributed by atoms with Gasteiger partial charge < -0.3 is 9.30 Å². The summed E-state index contributed by atoms with van der Waals surface area (Å²) in [6.07, 6.45) is 12.2. The number of hydrogen-bond donors (Lipinski definition) is 0. The van der Waals surface area contributed by atoms with Crippen LogP contribution < -0.4 is 4.74 Å². The Kier molecular flexibility index (Phi) is 6.77. The van der Waals surface area contributed by atoms with Gasteiger partial charge in [-0.2, -0.15) is 0 Å². The second-order valence-corrected chi connectivity index (χ2v) is 10.0. The maximum Gasteiger partial charge on any atom is 0.118 e. The van der Waals surface area contributed by atoms with Crippen LogP contribution in [0.1, 0.15) is 38.2 Å². The first-order chi connectivity index (χ1) is 12.2. The molecule has 1 saturated heterocycles. The van der Waals surface area contributed by atoms with E-state index in [2.05, 4.69) is 70.5 Å². The van der Waals surface area contributed by atoms with Crippen molar-refractivity contribution in [2.45, 2.75) is 54.9 Å². The summed E-state index contributed by atoms with van der Waals surface area (Å²) in [5.74, 6) is 2.21. The van der Waals surface area contributed by atoms with E-state index in [9.17, 15) is 0 Å². The van der Waals surface area contributed by atoms with Crippen LogP contribution in [0.2, 0.25) is 0 Å². The summed E-state index contributed by atoms with van der Waals surface area (Å²) in [4.78, 5) is 4.23. The molecule has 25 heavy (non-hydrogen) atoms. The second kappa shape index (κ2) is 9.04. The lowest BCUT2D eigenvalue weighted by Crippen LogP contribution is -2.25. The fourth-order valence-corrected chi connectivity index (χ4v) is 7.11. The highest BCUT2D eigenvalue weighted by atomic mass is 32.2. The molecule has 1 fully saturated rings. The molecule has 2 heterocycles. The zero-order valence-electron chi connectivity index (χ0n) is 15.2. The number of hydrogen-bond acceptors (Lipinski definition) is 4. The van der Waals surface area contributed by atoms with E-state index in [-0.39, 0.29) is 4.08 Å². The number of unbranched alkanes of at least 4 members (excludes halogenated alkanes) is 1. The van der Waals surface area contributed by atoms with Gasteiger partial charge in [-0.3, -0.25) is 0 Å². The summed E-state index contributed by atoms with van der Waals surface area (Å²) < 4.78 is 7.78. The molecule has 1 aromatic heterocycles. The highest BCUT2D eigenvalue weighted by molar-refractivity contribution is 8.21. The second-order valence-electron chi connectivity index (χ2n) is 6.69. The number of ether oxygens (including phenoxy) is 1. The van der Waals surface area contributed by atoms with E-state index in [1.807, 2.05) is 12.5 Å². The molecule has 2 atom stereocenters. The van der Waals surface area contributed by atoms with Crippen molar-refractivity contribution in [2.24, 2.45) is 0 Å². The van der Waals surface area contributed by atoms with Gasteiger partial charge in [-0.15, -0.1) is 23.5 Å². The van der Waals surface area contributed by atoms with Crippen molar-refractivity contribution in [1.29, 1.82) is 0 Å². The standard InChI is InChI=1S/C20H28N2OS2/c1-3-4-5-19-14-24-20(25-19,15-22-13-12-21-16-22)11-10-17-6-8-18(23-2)9-7-17/h6-9,12-13,16,19H,3-5,10-11,14-15H2,1-2H3. The van der Waals surface area contributed by atoms with Gasteiger partial charge in [0.15, 0.2) is 0 Å². The lowest BCUT2D eigenvalue weighted by Gasteiger charge is -2.28. The van der Waals surface area contributed by atoms with Gasteiger partial charge >= 0.3 is 0 Å². The van der Waals surface area contributed by atoms with E-state index >= 15 is 0 Å². The topological polar surface area (TPSA) is 27.1 Å². The van der Waals surface area contributed by atoms with Gasteiger partial charge in [-0.25, -0.2) is 4.98 Å². The third kappa shape index (κ3) is 5.20. The molecule has 1 aliphatic heterocycles. The van der Waals surface area contributed by atoms with Crippen molar-refractivity contribution in [1.82, 2.24) is 9.55 Å². The van der Waals surface area contributed by atoms with Crippen LogP contribution in [0.5, 0.6) is 5.75 Å². The lowest BCUT2D eigenvalue weighted by atomic mass is 10.1. The van der Waals surface area contributed by atoms with Gasteiger partial charge in [-0.05, 0) is 37.0 Å². The Morgan fingerprint density at radius 2 is 2.16 bits per heavy atom. The Hall–Kier alpha value is -1.07. The largest absolute Gasteiger partial charge is 0.497 e. The molecular formula is C20H28N2OS2. The summed E-state index contributed by atoms with van der Waals surface area (Å²) in [5.41, 5.74) is 1.39. The third-order valence-corrected chi connectivity index (χ3v) is 8.51. The maximum atomic E-state index is 5.27. The van der Waals surface area contributed by atoms with Crippen molar-refractivity contribution in [3.63, 3.8) is 0 Å². The number of aromatic nitrogens is 2. The van der Waals surface area contributed by atoms with E-state index in [4.69, 9.17) is 4.74 Å². The molecule has 0 spiro atoms. The van der Waals surface area contributed by atoms with Gasteiger partial charge in [-0.1, -0.05) is 31.9 Å². The number of aryl methyl sites for hydroxylation is 1. The first kappa shape index (κ1) is 18.7. The molecule has 0 radical (unpaired) electrons. The highest BCUT2D eigenvalue weighted by Gasteiger charge is 2.40. The summed E-state index contributed by atoms with van der Waals surface area (Å²) in [6, 6.07) is 8.53. The summed E-state index contributed by atoms with van der Waals surface area (Å²) in [5, 5.41) is 0.796. The predicted molar refractivity (Wildman–Crippen MR) is 110 cm³/mol. The lowest BCUT2D eigenvalue weighted by molar-refractivity contribution is 0.414. The van der Waals surface area contributed by atoms with Crippen LogP contribution in [0.25, 0.3) is 0 Å². The average molecular weight is 377 g/mol. The van der Waals surface area contributed by atoms with Crippen LogP contribution in [0, 0.1) is 0 Å². The molecule has 0 bridgehead atoms. The number of methoxy groups -OCH3 is 1. The van der Waals surface area contributed by atoms with Gasteiger partial charge in [0.25, 0.3) is 0 Å². The minimum Gasteiger partial charge on any atom is -0.497 e. The van der Waals surface area contributed by atoms with Gasteiger partial charge in [0.2, 0.25) is 0 Å². The Labute approximate surface area is 159 Å². The normalized spacial score (nSPS) is 23.0. The van der Waals surface area contributed by atoms with Crippen LogP contribution in [-0.4, -0.2) is 31.7 Å². The SMILES string of the molecule is CCCCC1CSC(CCc2ccc(OC)cc2)(Cn2ccnc2)S1. The smallest absolute Gasteiger partial charge is 0.118 e. The van der Waals surface area contributed by atoms with Crippen LogP contribution in [0.15, 0.2) is 43.0 Å². The Balaban J connectivity index is 1.65. The summed E-state index contributed by atoms with van der Waals surface area (Å²) >= 11 is 4.38. The van der Waals surface area contributed by atoms with Crippen molar-refractivity contribution in [3.05, 3.63) is 48.5 Å². The van der Waals surface area contributed by atoms with E-state index in [0.717, 1.165) is 24.0 Å².